The van der Waals surface area contributed by atoms with Crippen LogP contribution in [0.3, 0.4) is 0 Å². The molecule has 0 saturated heterocycles. The van der Waals surface area contributed by atoms with Gasteiger partial charge in [-0.15, -0.1) is 5.10 Å². The van der Waals surface area contributed by atoms with Crippen molar-refractivity contribution < 1.29 is 18.0 Å². The van der Waals surface area contributed by atoms with Crippen molar-refractivity contribution in [3.8, 4) is 5.69 Å². The zero-order valence-corrected chi connectivity index (χ0v) is 15.6. The lowest BCUT2D eigenvalue weighted by atomic mass is 10.1. The van der Waals surface area contributed by atoms with Gasteiger partial charge in [-0.1, -0.05) is 17.7 Å². The molecule has 1 aliphatic heterocycles. The average molecular weight is 423 g/mol. The van der Waals surface area contributed by atoms with E-state index >= 15 is 0 Å². The highest BCUT2D eigenvalue weighted by molar-refractivity contribution is 6.30. The Morgan fingerprint density at radius 3 is 2.45 bits per heavy atom. The highest BCUT2D eigenvalue weighted by Crippen LogP contribution is 2.29. The molecule has 0 atom stereocenters. The van der Waals surface area contributed by atoms with E-state index in [9.17, 15) is 22.8 Å². The van der Waals surface area contributed by atoms with Gasteiger partial charge in [0.05, 0.1) is 17.8 Å². The maximum absolute atomic E-state index is 12.7. The van der Waals surface area contributed by atoms with Crippen molar-refractivity contribution in [2.45, 2.75) is 19.3 Å². The smallest absolute Gasteiger partial charge is 0.329 e. The Morgan fingerprint density at radius 1 is 1.07 bits per heavy atom. The molecule has 0 aliphatic carbocycles. The van der Waals surface area contributed by atoms with Crippen molar-refractivity contribution in [1.29, 1.82) is 0 Å². The van der Waals surface area contributed by atoms with Gasteiger partial charge in [-0.2, -0.15) is 17.9 Å². The molecule has 3 aromatic rings. The summed E-state index contributed by atoms with van der Waals surface area (Å²) in [6.07, 6.45) is -4.46. The van der Waals surface area contributed by atoms with Crippen molar-refractivity contribution in [1.82, 2.24) is 19.2 Å². The van der Waals surface area contributed by atoms with E-state index in [1.165, 1.54) is 14.1 Å². The number of aromatic nitrogens is 3. The summed E-state index contributed by atoms with van der Waals surface area (Å²) >= 11 is 5.97. The molecule has 0 N–H and O–H groups in total. The van der Waals surface area contributed by atoms with Crippen LogP contribution in [-0.2, 0) is 19.3 Å². The quantitative estimate of drug-likeness (QED) is 0.636. The number of alkyl halides is 3. The highest BCUT2D eigenvalue weighted by atomic mass is 35.5. The molecule has 6 nitrogen and oxygen atoms in total. The molecule has 0 saturated carbocycles. The monoisotopic (exact) mass is 422 g/mol. The Kier molecular flexibility index (Phi) is 4.70. The van der Waals surface area contributed by atoms with Gasteiger partial charge in [0.25, 0.3) is 5.91 Å². The van der Waals surface area contributed by atoms with Crippen LogP contribution >= 0.6 is 11.6 Å². The Hall–Kier alpha value is -3.07. The number of fused-ring (bicyclic) bond motifs is 1. The third kappa shape index (κ3) is 3.65. The first-order valence-electron chi connectivity index (χ1n) is 8.65. The normalized spacial score (nSPS) is 14.0. The first-order chi connectivity index (χ1) is 13.7. The minimum absolute atomic E-state index is 0.0721. The zero-order valence-electron chi connectivity index (χ0n) is 14.9. The molecular weight excluding hydrogens is 409 g/mol. The second-order valence-corrected chi connectivity index (χ2v) is 6.98. The van der Waals surface area contributed by atoms with E-state index < -0.39 is 17.6 Å². The van der Waals surface area contributed by atoms with E-state index in [2.05, 4.69) is 5.10 Å². The number of hydrogen-bond acceptors (Lipinski definition) is 3. The van der Waals surface area contributed by atoms with Crippen LogP contribution in [0.5, 0.6) is 0 Å². The second kappa shape index (κ2) is 7.07. The number of rotatable bonds is 2. The Balaban J connectivity index is 1.58. The molecule has 1 aliphatic rings. The van der Waals surface area contributed by atoms with Crippen LogP contribution in [0.2, 0.25) is 5.02 Å². The summed E-state index contributed by atoms with van der Waals surface area (Å²) in [4.78, 5) is 26.7. The minimum Gasteiger partial charge on any atom is -0.329 e. The number of benzene rings is 2. The number of halogens is 4. The van der Waals surface area contributed by atoms with Crippen molar-refractivity contribution in [3.05, 3.63) is 81.0 Å². The molecule has 0 spiro atoms. The summed E-state index contributed by atoms with van der Waals surface area (Å²) in [5.74, 6) is -0.0313. The van der Waals surface area contributed by atoms with Crippen LogP contribution in [0, 0.1) is 0 Å². The van der Waals surface area contributed by atoms with Crippen LogP contribution in [0.4, 0.5) is 13.2 Å². The maximum Gasteiger partial charge on any atom is 0.416 e. The number of carbonyl (C=O) groups excluding carboxylic acids is 1. The Labute approximate surface area is 167 Å². The third-order valence-electron chi connectivity index (χ3n) is 4.66. The lowest BCUT2D eigenvalue weighted by Crippen LogP contribution is -2.40. The topological polar surface area (TPSA) is 60.1 Å². The summed E-state index contributed by atoms with van der Waals surface area (Å²) < 4.78 is 40.8. The summed E-state index contributed by atoms with van der Waals surface area (Å²) in [6.45, 7) is 0.553. The van der Waals surface area contributed by atoms with E-state index in [1.807, 2.05) is 0 Å². The zero-order chi connectivity index (χ0) is 20.8. The van der Waals surface area contributed by atoms with Gasteiger partial charge in [0.1, 0.15) is 0 Å². The summed E-state index contributed by atoms with van der Waals surface area (Å²) in [7, 11) is 0. The van der Waals surface area contributed by atoms with Crippen LogP contribution in [-0.4, -0.2) is 31.7 Å². The van der Waals surface area contributed by atoms with E-state index in [1.54, 1.807) is 24.3 Å². The maximum atomic E-state index is 12.7. The van der Waals surface area contributed by atoms with Gasteiger partial charge in [0.2, 0.25) is 0 Å². The molecule has 1 amide bonds. The van der Waals surface area contributed by atoms with Gasteiger partial charge in [-0.25, -0.2) is 4.79 Å². The van der Waals surface area contributed by atoms with E-state index in [0.717, 1.165) is 24.3 Å². The van der Waals surface area contributed by atoms with E-state index in [4.69, 9.17) is 11.6 Å². The predicted molar refractivity (Wildman–Crippen MR) is 99.0 cm³/mol. The molecule has 10 heteroatoms. The lowest BCUT2D eigenvalue weighted by molar-refractivity contribution is -0.137. The molecule has 0 unspecified atom stereocenters. The molecule has 2 heterocycles. The SMILES string of the molecule is O=C(c1ccc(C(F)(F)F)cc1)N1CCn2c(nn(-c3cccc(Cl)c3)c2=O)C1. The van der Waals surface area contributed by atoms with Crippen LogP contribution in [0.15, 0.2) is 53.3 Å². The number of hydrogen-bond donors (Lipinski definition) is 0. The molecule has 2 aromatic carbocycles. The average Bonchev–Trinajstić information content (AvgIpc) is 3.03. The van der Waals surface area contributed by atoms with Gasteiger partial charge >= 0.3 is 11.9 Å². The van der Waals surface area contributed by atoms with Gasteiger partial charge in [0, 0.05) is 23.7 Å². The molecule has 29 heavy (non-hydrogen) atoms. The Bertz CT molecular complexity index is 1140. The van der Waals surface area contributed by atoms with Crippen LogP contribution < -0.4 is 5.69 Å². The molecule has 0 fully saturated rings. The van der Waals surface area contributed by atoms with Crippen LogP contribution in [0.1, 0.15) is 21.7 Å². The van der Waals surface area contributed by atoms with Crippen LogP contribution in [0.25, 0.3) is 5.69 Å². The van der Waals surface area contributed by atoms with Crippen molar-refractivity contribution in [2.75, 3.05) is 6.54 Å². The fourth-order valence-electron chi connectivity index (χ4n) is 3.18. The summed E-state index contributed by atoms with van der Waals surface area (Å²) in [5, 5.41) is 4.76. The molecule has 150 valence electrons. The lowest BCUT2D eigenvalue weighted by Gasteiger charge is -2.26. The number of carbonyl (C=O) groups is 1. The van der Waals surface area contributed by atoms with E-state index in [0.29, 0.717) is 16.5 Å². The largest absolute Gasteiger partial charge is 0.416 e. The van der Waals surface area contributed by atoms with Crippen molar-refractivity contribution >= 4 is 17.5 Å². The first kappa shape index (κ1) is 19.3. The Morgan fingerprint density at radius 2 is 1.79 bits per heavy atom. The molecular formula is C19H14ClF3N4O2. The predicted octanol–water partition coefficient (Wildman–Crippen LogP) is 3.36. The molecule has 1 aromatic heterocycles. The standard InChI is InChI=1S/C19H14ClF3N4O2/c20-14-2-1-3-15(10-14)27-18(29)26-9-8-25(11-16(26)24-27)17(28)12-4-6-13(7-5-12)19(21,22)23/h1-7,10H,8-9,11H2. The summed E-state index contributed by atoms with van der Waals surface area (Å²) in [6, 6.07) is 10.7. The molecule has 0 bridgehead atoms. The minimum atomic E-state index is -4.46. The third-order valence-corrected chi connectivity index (χ3v) is 4.90. The van der Waals surface area contributed by atoms with Gasteiger partial charge in [-0.3, -0.25) is 9.36 Å². The fourth-order valence-corrected chi connectivity index (χ4v) is 3.37. The van der Waals surface area contributed by atoms with Gasteiger partial charge < -0.3 is 4.90 Å². The summed E-state index contributed by atoms with van der Waals surface area (Å²) in [5.41, 5.74) is -0.515. The fraction of sp³-hybridized carbons (Fsp3) is 0.211. The molecule has 0 radical (unpaired) electrons. The highest BCUT2D eigenvalue weighted by Gasteiger charge is 2.31. The molecule has 4 rings (SSSR count). The number of amides is 1. The second-order valence-electron chi connectivity index (χ2n) is 6.54. The number of nitrogens with zero attached hydrogens (tertiary/aromatic N) is 4. The van der Waals surface area contributed by atoms with E-state index in [-0.39, 0.29) is 30.9 Å². The van der Waals surface area contributed by atoms with Crippen molar-refractivity contribution in [2.24, 2.45) is 0 Å². The first-order valence-corrected chi connectivity index (χ1v) is 9.03. The van der Waals surface area contributed by atoms with Crippen molar-refractivity contribution in [3.63, 3.8) is 0 Å². The van der Waals surface area contributed by atoms with Gasteiger partial charge in [-0.05, 0) is 42.5 Å². The van der Waals surface area contributed by atoms with Gasteiger partial charge in [0.15, 0.2) is 5.82 Å².